The standard InChI is InChI=1S/C21H19BrO6/c22-8-4-5-9-26-20(25)13-27-15-10-16(23)21-17(24)12-18(28-19(21)11-15)14-6-2-1-3-7-14/h1-3,6-7,10-12,23H,4-5,8-9,13H2. The molecule has 0 atom stereocenters. The number of phenolic OH excluding ortho intramolecular Hbond substituents is 1. The normalized spacial score (nSPS) is 10.8. The lowest BCUT2D eigenvalue weighted by molar-refractivity contribution is -0.146. The molecule has 28 heavy (non-hydrogen) atoms. The van der Waals surface area contributed by atoms with Crippen molar-refractivity contribution in [2.75, 3.05) is 18.5 Å². The fourth-order valence-electron chi connectivity index (χ4n) is 2.64. The van der Waals surface area contributed by atoms with Gasteiger partial charge in [-0.2, -0.15) is 0 Å². The minimum absolute atomic E-state index is 0.0596. The molecule has 2 aromatic carbocycles. The maximum atomic E-state index is 12.4. The van der Waals surface area contributed by atoms with E-state index in [4.69, 9.17) is 13.9 Å². The van der Waals surface area contributed by atoms with Gasteiger partial charge in [-0.1, -0.05) is 46.3 Å². The molecule has 0 amide bonds. The van der Waals surface area contributed by atoms with Crippen LogP contribution in [-0.2, 0) is 9.53 Å². The molecule has 3 rings (SSSR count). The summed E-state index contributed by atoms with van der Waals surface area (Å²) in [6, 6.07) is 13.2. The van der Waals surface area contributed by atoms with Crippen LogP contribution in [0.3, 0.4) is 0 Å². The zero-order valence-corrected chi connectivity index (χ0v) is 16.6. The summed E-state index contributed by atoms with van der Waals surface area (Å²) < 4.78 is 16.2. The number of phenols is 1. The van der Waals surface area contributed by atoms with Crippen LogP contribution < -0.4 is 10.2 Å². The molecule has 0 fully saturated rings. The number of carbonyl (C=O) groups is 1. The Hall–Kier alpha value is -2.80. The van der Waals surface area contributed by atoms with Crippen molar-refractivity contribution in [3.63, 3.8) is 0 Å². The summed E-state index contributed by atoms with van der Waals surface area (Å²) in [5.41, 5.74) is 0.543. The number of fused-ring (bicyclic) bond motifs is 1. The Balaban J connectivity index is 1.79. The maximum absolute atomic E-state index is 12.4. The predicted octanol–water partition coefficient (Wildman–Crippen LogP) is 4.26. The number of benzene rings is 2. The van der Waals surface area contributed by atoms with Gasteiger partial charge in [0, 0.05) is 29.1 Å². The average molecular weight is 447 g/mol. The van der Waals surface area contributed by atoms with Crippen LogP contribution in [0.5, 0.6) is 11.5 Å². The van der Waals surface area contributed by atoms with Gasteiger partial charge in [0.2, 0.25) is 0 Å². The van der Waals surface area contributed by atoms with Gasteiger partial charge in [0.25, 0.3) is 0 Å². The molecular weight excluding hydrogens is 428 g/mol. The molecule has 0 bridgehead atoms. The first kappa shape index (κ1) is 19.9. The number of aromatic hydroxyl groups is 1. The molecule has 7 heteroatoms. The van der Waals surface area contributed by atoms with Crippen molar-refractivity contribution in [1.29, 1.82) is 0 Å². The summed E-state index contributed by atoms with van der Waals surface area (Å²) in [5.74, 6) is -0.197. The third kappa shape index (κ3) is 4.92. The van der Waals surface area contributed by atoms with Crippen LogP contribution in [0.4, 0.5) is 0 Å². The Morgan fingerprint density at radius 2 is 1.89 bits per heavy atom. The molecule has 0 saturated carbocycles. The number of rotatable bonds is 8. The SMILES string of the molecule is O=C(COc1cc(O)c2c(=O)cc(-c3ccccc3)oc2c1)OCCCCBr. The minimum Gasteiger partial charge on any atom is -0.507 e. The van der Waals surface area contributed by atoms with Gasteiger partial charge in [0.05, 0.1) is 6.61 Å². The molecule has 3 aromatic rings. The lowest BCUT2D eigenvalue weighted by Crippen LogP contribution is -2.15. The van der Waals surface area contributed by atoms with Gasteiger partial charge in [-0.15, -0.1) is 0 Å². The number of hydrogen-bond acceptors (Lipinski definition) is 6. The molecule has 0 radical (unpaired) electrons. The Bertz CT molecular complexity index is 1010. The highest BCUT2D eigenvalue weighted by atomic mass is 79.9. The molecule has 0 aliphatic rings. The van der Waals surface area contributed by atoms with Crippen molar-refractivity contribution in [3.05, 3.63) is 58.8 Å². The molecular formula is C21H19BrO6. The van der Waals surface area contributed by atoms with Gasteiger partial charge in [0.1, 0.15) is 28.2 Å². The van der Waals surface area contributed by atoms with E-state index >= 15 is 0 Å². The zero-order chi connectivity index (χ0) is 19.9. The average Bonchev–Trinajstić information content (AvgIpc) is 2.69. The first-order valence-electron chi connectivity index (χ1n) is 8.79. The highest BCUT2D eigenvalue weighted by Gasteiger charge is 2.14. The second-order valence-electron chi connectivity index (χ2n) is 6.06. The number of alkyl halides is 1. The number of halogens is 1. The number of ether oxygens (including phenoxy) is 2. The summed E-state index contributed by atoms with van der Waals surface area (Å²) in [5, 5.41) is 11.1. The van der Waals surface area contributed by atoms with Crippen molar-refractivity contribution in [2.45, 2.75) is 12.8 Å². The fraction of sp³-hybridized carbons (Fsp3) is 0.238. The lowest BCUT2D eigenvalue weighted by atomic mass is 10.1. The van der Waals surface area contributed by atoms with E-state index in [2.05, 4.69) is 15.9 Å². The Kier molecular flexibility index (Phi) is 6.71. The van der Waals surface area contributed by atoms with E-state index in [-0.39, 0.29) is 34.5 Å². The maximum Gasteiger partial charge on any atom is 0.344 e. The van der Waals surface area contributed by atoms with Crippen molar-refractivity contribution >= 4 is 32.9 Å². The summed E-state index contributed by atoms with van der Waals surface area (Å²) in [7, 11) is 0. The van der Waals surface area contributed by atoms with Crippen LogP contribution in [0.15, 0.2) is 57.7 Å². The summed E-state index contributed by atoms with van der Waals surface area (Å²) in [4.78, 5) is 24.1. The highest BCUT2D eigenvalue weighted by molar-refractivity contribution is 9.09. The van der Waals surface area contributed by atoms with Crippen LogP contribution in [0, 0.1) is 0 Å². The zero-order valence-electron chi connectivity index (χ0n) is 15.0. The third-order valence-corrected chi connectivity index (χ3v) is 4.55. The number of unbranched alkanes of at least 4 members (excludes halogenated alkanes) is 1. The second kappa shape index (κ2) is 9.41. The molecule has 0 aliphatic heterocycles. The Labute approximate surface area is 169 Å². The van der Waals surface area contributed by atoms with E-state index in [1.54, 1.807) is 0 Å². The van der Waals surface area contributed by atoms with Crippen molar-refractivity contribution in [1.82, 2.24) is 0 Å². The van der Waals surface area contributed by atoms with Gasteiger partial charge < -0.3 is 19.0 Å². The third-order valence-electron chi connectivity index (χ3n) is 3.99. The molecule has 0 unspecified atom stereocenters. The Morgan fingerprint density at radius 1 is 1.11 bits per heavy atom. The van der Waals surface area contributed by atoms with Crippen molar-refractivity contribution < 1.29 is 23.8 Å². The van der Waals surface area contributed by atoms with Gasteiger partial charge in [-0.05, 0) is 12.8 Å². The molecule has 1 aromatic heterocycles. The van der Waals surface area contributed by atoms with Gasteiger partial charge in [-0.25, -0.2) is 4.79 Å². The van der Waals surface area contributed by atoms with Crippen LogP contribution in [-0.4, -0.2) is 29.6 Å². The molecule has 0 saturated heterocycles. The largest absolute Gasteiger partial charge is 0.507 e. The highest BCUT2D eigenvalue weighted by Crippen LogP contribution is 2.31. The molecule has 0 spiro atoms. The smallest absolute Gasteiger partial charge is 0.344 e. The number of carbonyl (C=O) groups excluding carboxylic acids is 1. The Morgan fingerprint density at radius 3 is 2.64 bits per heavy atom. The van der Waals surface area contributed by atoms with Gasteiger partial charge in [0.15, 0.2) is 12.0 Å². The van der Waals surface area contributed by atoms with Crippen LogP contribution >= 0.6 is 15.9 Å². The molecule has 1 heterocycles. The van der Waals surface area contributed by atoms with E-state index in [0.29, 0.717) is 12.4 Å². The first-order valence-corrected chi connectivity index (χ1v) is 9.91. The first-order chi connectivity index (χ1) is 13.6. The fourth-order valence-corrected chi connectivity index (χ4v) is 3.03. The van der Waals surface area contributed by atoms with Gasteiger partial charge in [-0.3, -0.25) is 4.79 Å². The van der Waals surface area contributed by atoms with Gasteiger partial charge >= 0.3 is 5.97 Å². The lowest BCUT2D eigenvalue weighted by Gasteiger charge is -2.09. The number of hydrogen-bond donors (Lipinski definition) is 1. The molecule has 6 nitrogen and oxygen atoms in total. The van der Waals surface area contributed by atoms with Crippen LogP contribution in [0.1, 0.15) is 12.8 Å². The quantitative estimate of drug-likeness (QED) is 0.316. The second-order valence-corrected chi connectivity index (χ2v) is 6.85. The number of esters is 1. The van der Waals surface area contributed by atoms with E-state index in [1.165, 1.54) is 18.2 Å². The molecule has 1 N–H and O–H groups in total. The van der Waals surface area contributed by atoms with E-state index < -0.39 is 5.97 Å². The molecule has 146 valence electrons. The van der Waals surface area contributed by atoms with E-state index in [0.717, 1.165) is 23.7 Å². The van der Waals surface area contributed by atoms with E-state index in [1.807, 2.05) is 30.3 Å². The van der Waals surface area contributed by atoms with Crippen LogP contribution in [0.25, 0.3) is 22.3 Å². The van der Waals surface area contributed by atoms with E-state index in [9.17, 15) is 14.7 Å². The molecule has 0 aliphatic carbocycles. The summed E-state index contributed by atoms with van der Waals surface area (Å²) in [6.45, 7) is 0.0218. The van der Waals surface area contributed by atoms with Crippen molar-refractivity contribution in [3.8, 4) is 22.8 Å². The predicted molar refractivity (Wildman–Crippen MR) is 109 cm³/mol. The topological polar surface area (TPSA) is 86.0 Å². The van der Waals surface area contributed by atoms with Crippen molar-refractivity contribution in [2.24, 2.45) is 0 Å². The summed E-state index contributed by atoms with van der Waals surface area (Å²) >= 11 is 3.31. The van der Waals surface area contributed by atoms with Crippen LogP contribution in [0.2, 0.25) is 0 Å². The summed E-state index contributed by atoms with van der Waals surface area (Å²) in [6.07, 6.45) is 1.68. The monoisotopic (exact) mass is 446 g/mol. The minimum atomic E-state index is -0.506.